The fourth-order valence-electron chi connectivity index (χ4n) is 3.42. The predicted molar refractivity (Wildman–Crippen MR) is 80.6 cm³/mol. The summed E-state index contributed by atoms with van der Waals surface area (Å²) in [6, 6.07) is 6.37. The molecule has 1 spiro atoms. The Balaban J connectivity index is 1.96. The first-order chi connectivity index (χ1) is 9.56. The third-order valence-corrected chi connectivity index (χ3v) is 4.77. The summed E-state index contributed by atoms with van der Waals surface area (Å²) in [5.41, 5.74) is 2.52. The van der Waals surface area contributed by atoms with Crippen LogP contribution in [0.1, 0.15) is 37.8 Å². The lowest BCUT2D eigenvalue weighted by Gasteiger charge is -2.39. The molecule has 2 aliphatic heterocycles. The number of nitrogens with one attached hydrogen (secondary N) is 1. The zero-order valence-electron chi connectivity index (χ0n) is 12.1. The number of likely N-dealkylation sites (tertiary alicyclic amines) is 1. The van der Waals surface area contributed by atoms with E-state index in [1.54, 1.807) is 0 Å². The first kappa shape index (κ1) is 13.2. The van der Waals surface area contributed by atoms with Gasteiger partial charge in [0.2, 0.25) is 5.91 Å². The quantitative estimate of drug-likeness (QED) is 0.793. The molecule has 0 radical (unpaired) electrons. The van der Waals surface area contributed by atoms with Crippen LogP contribution in [0.3, 0.4) is 0 Å². The van der Waals surface area contributed by atoms with E-state index in [9.17, 15) is 4.79 Å². The van der Waals surface area contributed by atoms with Crippen LogP contribution in [0.25, 0.3) is 0 Å². The molecule has 2 heterocycles. The molecule has 1 aromatic carbocycles. The number of nitrogens with zero attached hydrogens (tertiary/aromatic N) is 1. The monoisotopic (exact) mass is 268 g/mol. The van der Waals surface area contributed by atoms with Crippen molar-refractivity contribution in [3.05, 3.63) is 29.3 Å². The van der Waals surface area contributed by atoms with E-state index >= 15 is 0 Å². The van der Waals surface area contributed by atoms with E-state index in [4.69, 9.17) is 6.42 Å². The highest BCUT2D eigenvalue weighted by Crippen LogP contribution is 2.45. The maximum atomic E-state index is 12.5. The molecule has 1 aromatic rings. The van der Waals surface area contributed by atoms with Gasteiger partial charge < -0.3 is 10.2 Å². The van der Waals surface area contributed by atoms with E-state index < -0.39 is 0 Å². The molecule has 1 amide bonds. The summed E-state index contributed by atoms with van der Waals surface area (Å²) in [5.74, 6) is 2.81. The van der Waals surface area contributed by atoms with Crippen molar-refractivity contribution in [3.8, 4) is 12.3 Å². The van der Waals surface area contributed by atoms with Crippen molar-refractivity contribution >= 4 is 11.6 Å². The molecule has 1 fully saturated rings. The number of fused-ring (bicyclic) bond motifs is 2. The van der Waals surface area contributed by atoms with Crippen LogP contribution in [0.15, 0.2) is 18.2 Å². The normalized spacial score (nSPS) is 20.8. The van der Waals surface area contributed by atoms with Gasteiger partial charge in [-0.1, -0.05) is 5.92 Å². The number of amides is 1. The Labute approximate surface area is 120 Å². The highest BCUT2D eigenvalue weighted by molar-refractivity contribution is 6.06. The van der Waals surface area contributed by atoms with Gasteiger partial charge in [-0.25, -0.2) is 0 Å². The molecule has 0 saturated carbocycles. The van der Waals surface area contributed by atoms with Gasteiger partial charge in [0.05, 0.1) is 5.41 Å². The Bertz CT molecular complexity index is 589. The molecule has 0 unspecified atom stereocenters. The molecule has 0 aliphatic carbocycles. The molecule has 0 aromatic heterocycles. The topological polar surface area (TPSA) is 32.3 Å². The molecule has 0 bridgehead atoms. The largest absolute Gasteiger partial charge is 0.325 e. The number of hydrogen-bond donors (Lipinski definition) is 1. The summed E-state index contributed by atoms with van der Waals surface area (Å²) in [7, 11) is 0. The predicted octanol–water partition coefficient (Wildman–Crippen LogP) is 2.36. The van der Waals surface area contributed by atoms with Gasteiger partial charge in [-0.05, 0) is 63.5 Å². The van der Waals surface area contributed by atoms with Gasteiger partial charge in [-0.3, -0.25) is 4.79 Å². The first-order valence-corrected chi connectivity index (χ1v) is 7.23. The fourth-order valence-corrected chi connectivity index (χ4v) is 3.42. The lowest BCUT2D eigenvalue weighted by Crippen LogP contribution is -2.48. The average Bonchev–Trinajstić information content (AvgIpc) is 2.72. The Kier molecular flexibility index (Phi) is 3.07. The number of carbonyl (C=O) groups excluding carboxylic acids is 1. The van der Waals surface area contributed by atoms with Crippen molar-refractivity contribution in [2.24, 2.45) is 0 Å². The Morgan fingerprint density at radius 1 is 1.35 bits per heavy atom. The summed E-state index contributed by atoms with van der Waals surface area (Å²) in [5, 5.41) is 3.03. The molecular weight excluding hydrogens is 248 g/mol. The SMILES string of the molecule is C#Cc1ccc2c(c1)C1(CCN(C(C)C)CC1)C(=O)N2. The molecule has 1 N–H and O–H groups in total. The number of hydrogen-bond acceptors (Lipinski definition) is 2. The number of terminal acetylenes is 1. The number of anilines is 1. The summed E-state index contributed by atoms with van der Waals surface area (Å²) < 4.78 is 0. The van der Waals surface area contributed by atoms with Crippen LogP contribution < -0.4 is 5.32 Å². The molecule has 3 nitrogen and oxygen atoms in total. The third-order valence-electron chi connectivity index (χ3n) is 4.77. The maximum absolute atomic E-state index is 12.5. The van der Waals surface area contributed by atoms with Gasteiger partial charge in [0.25, 0.3) is 0 Å². The fraction of sp³-hybridized carbons (Fsp3) is 0.471. The molecule has 0 atom stereocenters. The maximum Gasteiger partial charge on any atom is 0.235 e. The minimum absolute atomic E-state index is 0.144. The van der Waals surface area contributed by atoms with Crippen LogP contribution in [0.4, 0.5) is 5.69 Å². The first-order valence-electron chi connectivity index (χ1n) is 7.23. The van der Waals surface area contributed by atoms with Crippen LogP contribution in [0.2, 0.25) is 0 Å². The van der Waals surface area contributed by atoms with E-state index in [1.165, 1.54) is 0 Å². The zero-order valence-corrected chi connectivity index (χ0v) is 12.1. The lowest BCUT2D eigenvalue weighted by atomic mass is 9.73. The number of carbonyl (C=O) groups is 1. The van der Waals surface area contributed by atoms with Gasteiger partial charge in [0.1, 0.15) is 0 Å². The highest BCUT2D eigenvalue weighted by atomic mass is 16.2. The summed E-state index contributed by atoms with van der Waals surface area (Å²) in [6.07, 6.45) is 7.24. The second kappa shape index (κ2) is 4.64. The number of rotatable bonds is 1. The summed E-state index contributed by atoms with van der Waals surface area (Å²) in [4.78, 5) is 14.9. The van der Waals surface area contributed by atoms with Crippen LogP contribution in [-0.2, 0) is 10.2 Å². The molecule has 20 heavy (non-hydrogen) atoms. The molecule has 3 heteroatoms. The molecule has 2 aliphatic rings. The lowest BCUT2D eigenvalue weighted by molar-refractivity contribution is -0.122. The van der Waals surface area contributed by atoms with Gasteiger partial charge in [0.15, 0.2) is 0 Å². The van der Waals surface area contributed by atoms with Gasteiger partial charge in [0, 0.05) is 17.3 Å². The van der Waals surface area contributed by atoms with Crippen LogP contribution in [-0.4, -0.2) is 29.9 Å². The minimum Gasteiger partial charge on any atom is -0.325 e. The van der Waals surface area contributed by atoms with E-state index in [0.717, 1.165) is 42.7 Å². The van der Waals surface area contributed by atoms with E-state index in [0.29, 0.717) is 6.04 Å². The van der Waals surface area contributed by atoms with Crippen molar-refractivity contribution in [1.29, 1.82) is 0 Å². The number of piperidine rings is 1. The average molecular weight is 268 g/mol. The molecule has 1 saturated heterocycles. The summed E-state index contributed by atoms with van der Waals surface area (Å²) >= 11 is 0. The molecule has 3 rings (SSSR count). The Morgan fingerprint density at radius 2 is 2.05 bits per heavy atom. The van der Waals surface area contributed by atoms with E-state index in [1.807, 2.05) is 18.2 Å². The smallest absolute Gasteiger partial charge is 0.235 e. The minimum atomic E-state index is -0.367. The Hall–Kier alpha value is -1.79. The standard InChI is InChI=1S/C17H20N2O/c1-4-13-5-6-15-14(11-13)17(16(20)18-15)7-9-19(10-8-17)12(2)3/h1,5-6,11-12H,7-10H2,2-3H3,(H,18,20). The van der Waals surface area contributed by atoms with E-state index in [2.05, 4.69) is 30.0 Å². The van der Waals surface area contributed by atoms with Crippen molar-refractivity contribution in [2.45, 2.75) is 38.1 Å². The van der Waals surface area contributed by atoms with Crippen LogP contribution in [0.5, 0.6) is 0 Å². The molecule has 104 valence electrons. The summed E-state index contributed by atoms with van der Waals surface area (Å²) in [6.45, 7) is 6.34. The molecular formula is C17H20N2O. The van der Waals surface area contributed by atoms with Crippen LogP contribution >= 0.6 is 0 Å². The second-order valence-corrected chi connectivity index (χ2v) is 6.07. The zero-order chi connectivity index (χ0) is 14.3. The van der Waals surface area contributed by atoms with Gasteiger partial charge in [-0.15, -0.1) is 6.42 Å². The Morgan fingerprint density at radius 3 is 2.65 bits per heavy atom. The number of benzene rings is 1. The van der Waals surface area contributed by atoms with Gasteiger partial charge in [-0.2, -0.15) is 0 Å². The van der Waals surface area contributed by atoms with Crippen LogP contribution in [0, 0.1) is 12.3 Å². The third kappa shape index (κ3) is 1.83. The highest BCUT2D eigenvalue weighted by Gasteiger charge is 2.48. The van der Waals surface area contributed by atoms with E-state index in [-0.39, 0.29) is 11.3 Å². The van der Waals surface area contributed by atoms with Crippen molar-refractivity contribution in [3.63, 3.8) is 0 Å². The van der Waals surface area contributed by atoms with Crippen molar-refractivity contribution in [2.75, 3.05) is 18.4 Å². The van der Waals surface area contributed by atoms with Crippen molar-refractivity contribution < 1.29 is 4.79 Å². The van der Waals surface area contributed by atoms with Crippen molar-refractivity contribution in [1.82, 2.24) is 4.90 Å². The second-order valence-electron chi connectivity index (χ2n) is 6.07. The van der Waals surface area contributed by atoms with Gasteiger partial charge >= 0.3 is 0 Å².